The van der Waals surface area contributed by atoms with Crippen molar-refractivity contribution in [1.82, 2.24) is 5.32 Å². The fourth-order valence-corrected chi connectivity index (χ4v) is 4.66. The molecule has 4 nitrogen and oxygen atoms in total. The summed E-state index contributed by atoms with van der Waals surface area (Å²) in [5.41, 5.74) is 2.56. The van der Waals surface area contributed by atoms with Crippen molar-refractivity contribution in [3.8, 4) is 0 Å². The smallest absolute Gasteiger partial charge is 0.236 e. The molecule has 1 aliphatic rings. The second-order valence-electron chi connectivity index (χ2n) is 5.03. The summed E-state index contributed by atoms with van der Waals surface area (Å²) in [6.45, 7) is 5.26. The van der Waals surface area contributed by atoms with Crippen molar-refractivity contribution in [3.05, 3.63) is 27.7 Å². The monoisotopic (exact) mass is 346 g/mol. The first kappa shape index (κ1) is 14.8. The van der Waals surface area contributed by atoms with E-state index in [1.807, 2.05) is 26.0 Å². The standard InChI is InChI=1S/C13H19BrN2O2S/c1-9-6-11(14)7-10(2)13(9)16-19(17,18)12-4-3-5-15-8-12/h6-7,12,15-16H,3-5,8H2,1-2H3. The number of rotatable bonds is 3. The minimum Gasteiger partial charge on any atom is -0.315 e. The third-order valence-electron chi connectivity index (χ3n) is 3.43. The van der Waals surface area contributed by atoms with Crippen LogP contribution in [0.3, 0.4) is 0 Å². The van der Waals surface area contributed by atoms with E-state index in [-0.39, 0.29) is 5.25 Å². The van der Waals surface area contributed by atoms with E-state index in [1.165, 1.54) is 0 Å². The Morgan fingerprint density at radius 3 is 2.47 bits per heavy atom. The van der Waals surface area contributed by atoms with Gasteiger partial charge in [0.2, 0.25) is 10.0 Å². The van der Waals surface area contributed by atoms with Gasteiger partial charge in [-0.3, -0.25) is 4.72 Å². The lowest BCUT2D eigenvalue weighted by molar-refractivity contribution is 0.499. The second-order valence-corrected chi connectivity index (χ2v) is 7.91. The van der Waals surface area contributed by atoms with Crippen LogP contribution < -0.4 is 10.0 Å². The number of hydrogen-bond acceptors (Lipinski definition) is 3. The molecule has 1 aromatic rings. The molecule has 2 rings (SSSR count). The zero-order valence-electron chi connectivity index (χ0n) is 11.2. The highest BCUT2D eigenvalue weighted by molar-refractivity contribution is 9.10. The van der Waals surface area contributed by atoms with Gasteiger partial charge in [-0.05, 0) is 56.5 Å². The summed E-state index contributed by atoms with van der Waals surface area (Å²) in [5, 5.41) is 2.79. The number of piperidine rings is 1. The van der Waals surface area contributed by atoms with Gasteiger partial charge in [-0.25, -0.2) is 8.42 Å². The molecular formula is C13H19BrN2O2S. The second kappa shape index (κ2) is 5.81. The van der Waals surface area contributed by atoms with Gasteiger partial charge >= 0.3 is 0 Å². The SMILES string of the molecule is Cc1cc(Br)cc(C)c1NS(=O)(=O)C1CCCNC1. The van der Waals surface area contributed by atoms with Gasteiger partial charge in [-0.15, -0.1) is 0 Å². The lowest BCUT2D eigenvalue weighted by Gasteiger charge is -2.24. The van der Waals surface area contributed by atoms with Gasteiger partial charge in [0, 0.05) is 11.0 Å². The molecule has 0 radical (unpaired) electrons. The molecule has 1 fully saturated rings. The van der Waals surface area contributed by atoms with E-state index in [9.17, 15) is 8.42 Å². The summed E-state index contributed by atoms with van der Waals surface area (Å²) in [7, 11) is -3.32. The molecule has 0 bridgehead atoms. The molecule has 1 unspecified atom stereocenters. The van der Waals surface area contributed by atoms with E-state index in [0.717, 1.165) is 35.0 Å². The zero-order chi connectivity index (χ0) is 14.0. The average molecular weight is 347 g/mol. The first-order valence-corrected chi connectivity index (χ1v) is 8.73. The predicted octanol–water partition coefficient (Wildman–Crippen LogP) is 2.56. The Bertz CT molecular complexity index is 543. The molecule has 0 aromatic heterocycles. The normalized spacial score (nSPS) is 20.3. The summed E-state index contributed by atoms with van der Waals surface area (Å²) >= 11 is 3.42. The quantitative estimate of drug-likeness (QED) is 0.884. The van der Waals surface area contributed by atoms with Crippen molar-refractivity contribution in [2.45, 2.75) is 31.9 Å². The third-order valence-corrected chi connectivity index (χ3v) is 5.66. The highest BCUT2D eigenvalue weighted by Crippen LogP contribution is 2.27. The van der Waals surface area contributed by atoms with Crippen LogP contribution in [0.5, 0.6) is 0 Å². The fourth-order valence-electron chi connectivity index (χ4n) is 2.38. The van der Waals surface area contributed by atoms with E-state index in [2.05, 4.69) is 26.0 Å². The van der Waals surface area contributed by atoms with Crippen LogP contribution in [0.2, 0.25) is 0 Å². The molecule has 2 N–H and O–H groups in total. The van der Waals surface area contributed by atoms with E-state index in [1.54, 1.807) is 0 Å². The lowest BCUT2D eigenvalue weighted by Crippen LogP contribution is -2.41. The molecule has 1 aliphatic heterocycles. The molecule has 0 aliphatic carbocycles. The Morgan fingerprint density at radius 1 is 1.32 bits per heavy atom. The van der Waals surface area contributed by atoms with Crippen LogP contribution >= 0.6 is 15.9 Å². The Labute approximate surface area is 123 Å². The number of sulfonamides is 1. The molecule has 1 saturated heterocycles. The highest BCUT2D eigenvalue weighted by atomic mass is 79.9. The molecular weight excluding hydrogens is 328 g/mol. The van der Waals surface area contributed by atoms with Gasteiger partial charge in [-0.1, -0.05) is 15.9 Å². The minimum absolute atomic E-state index is 0.344. The van der Waals surface area contributed by atoms with Gasteiger partial charge < -0.3 is 5.32 Å². The Balaban J connectivity index is 2.25. The fraction of sp³-hybridized carbons (Fsp3) is 0.538. The average Bonchev–Trinajstić information content (AvgIpc) is 2.35. The van der Waals surface area contributed by atoms with E-state index in [0.29, 0.717) is 12.2 Å². The Morgan fingerprint density at radius 2 is 1.95 bits per heavy atom. The number of anilines is 1. The van der Waals surface area contributed by atoms with Gasteiger partial charge in [0.25, 0.3) is 0 Å². The van der Waals surface area contributed by atoms with Crippen LogP contribution in [-0.4, -0.2) is 26.8 Å². The van der Waals surface area contributed by atoms with Crippen LogP contribution in [0.1, 0.15) is 24.0 Å². The molecule has 1 atom stereocenters. The van der Waals surface area contributed by atoms with Gasteiger partial charge in [0.15, 0.2) is 0 Å². The number of benzene rings is 1. The van der Waals surface area contributed by atoms with Crippen LogP contribution in [-0.2, 0) is 10.0 Å². The first-order valence-electron chi connectivity index (χ1n) is 6.39. The summed E-state index contributed by atoms with van der Waals surface area (Å²) in [4.78, 5) is 0. The Hall–Kier alpha value is -0.590. The molecule has 106 valence electrons. The summed E-state index contributed by atoms with van der Waals surface area (Å²) < 4.78 is 28.5. The van der Waals surface area contributed by atoms with Crippen LogP contribution in [0, 0.1) is 13.8 Å². The number of hydrogen-bond donors (Lipinski definition) is 2. The van der Waals surface area contributed by atoms with Gasteiger partial charge in [0.1, 0.15) is 0 Å². The van der Waals surface area contributed by atoms with Crippen molar-refractivity contribution in [3.63, 3.8) is 0 Å². The molecule has 0 saturated carbocycles. The van der Waals surface area contributed by atoms with Crippen molar-refractivity contribution in [2.24, 2.45) is 0 Å². The van der Waals surface area contributed by atoms with Crippen molar-refractivity contribution >= 4 is 31.6 Å². The van der Waals surface area contributed by atoms with Crippen LogP contribution in [0.4, 0.5) is 5.69 Å². The molecule has 6 heteroatoms. The van der Waals surface area contributed by atoms with E-state index >= 15 is 0 Å². The maximum absolute atomic E-state index is 12.4. The molecule has 0 spiro atoms. The number of aryl methyl sites for hydroxylation is 2. The maximum Gasteiger partial charge on any atom is 0.236 e. The van der Waals surface area contributed by atoms with Crippen LogP contribution in [0.15, 0.2) is 16.6 Å². The molecule has 0 amide bonds. The van der Waals surface area contributed by atoms with Gasteiger partial charge in [0.05, 0.1) is 10.9 Å². The zero-order valence-corrected chi connectivity index (χ0v) is 13.6. The summed E-state index contributed by atoms with van der Waals surface area (Å²) in [5.74, 6) is 0. The number of nitrogens with one attached hydrogen (secondary N) is 2. The highest BCUT2D eigenvalue weighted by Gasteiger charge is 2.27. The van der Waals surface area contributed by atoms with Crippen molar-refractivity contribution < 1.29 is 8.42 Å². The summed E-state index contributed by atoms with van der Waals surface area (Å²) in [6, 6.07) is 3.84. The molecule has 19 heavy (non-hydrogen) atoms. The minimum atomic E-state index is -3.32. The van der Waals surface area contributed by atoms with Gasteiger partial charge in [-0.2, -0.15) is 0 Å². The van der Waals surface area contributed by atoms with E-state index in [4.69, 9.17) is 0 Å². The largest absolute Gasteiger partial charge is 0.315 e. The Kier molecular flexibility index (Phi) is 4.53. The molecule has 1 aromatic carbocycles. The third kappa shape index (κ3) is 3.49. The first-order chi connectivity index (χ1) is 8.90. The maximum atomic E-state index is 12.4. The topological polar surface area (TPSA) is 58.2 Å². The van der Waals surface area contributed by atoms with Crippen molar-refractivity contribution in [1.29, 1.82) is 0 Å². The van der Waals surface area contributed by atoms with Crippen molar-refractivity contribution in [2.75, 3.05) is 17.8 Å². The summed E-state index contributed by atoms with van der Waals surface area (Å²) in [6.07, 6.45) is 1.63. The van der Waals surface area contributed by atoms with E-state index < -0.39 is 10.0 Å². The molecule has 1 heterocycles. The predicted molar refractivity (Wildman–Crippen MR) is 82.1 cm³/mol. The number of halogens is 1. The lowest BCUT2D eigenvalue weighted by atomic mass is 10.1. The van der Waals surface area contributed by atoms with Crippen LogP contribution in [0.25, 0.3) is 0 Å².